The molecule has 2 aliphatic heterocycles. The van der Waals surface area contributed by atoms with E-state index in [1.165, 1.54) is 22.6 Å². The SMILES string of the molecule is Cc1cc(=O)cc(C(=O)N2CCC3(CC2)OCCc2sccc23)o1. The minimum atomic E-state index is -0.252. The highest BCUT2D eigenvalue weighted by atomic mass is 32.1. The lowest BCUT2D eigenvalue weighted by atomic mass is 9.82. The second-order valence-corrected chi connectivity index (χ2v) is 7.41. The number of piperidine rings is 1. The molecule has 1 spiro atoms. The number of amides is 1. The van der Waals surface area contributed by atoms with Crippen molar-refractivity contribution in [2.24, 2.45) is 0 Å². The molecule has 2 aromatic rings. The first-order valence-corrected chi connectivity index (χ1v) is 9.07. The Morgan fingerprint density at radius 2 is 2.08 bits per heavy atom. The van der Waals surface area contributed by atoms with Crippen LogP contribution in [0.2, 0.25) is 0 Å². The van der Waals surface area contributed by atoms with E-state index in [0.29, 0.717) is 18.8 Å². The van der Waals surface area contributed by atoms with E-state index in [1.54, 1.807) is 23.2 Å². The highest BCUT2D eigenvalue weighted by Crippen LogP contribution is 2.43. The summed E-state index contributed by atoms with van der Waals surface area (Å²) in [6.07, 6.45) is 2.53. The first-order valence-electron chi connectivity index (χ1n) is 8.19. The Labute approximate surface area is 143 Å². The molecule has 126 valence electrons. The number of hydrogen-bond acceptors (Lipinski definition) is 5. The molecule has 1 saturated heterocycles. The molecule has 4 rings (SSSR count). The quantitative estimate of drug-likeness (QED) is 0.797. The van der Waals surface area contributed by atoms with Crippen LogP contribution in [0.4, 0.5) is 0 Å². The lowest BCUT2D eigenvalue weighted by Gasteiger charge is -2.43. The molecule has 2 aromatic heterocycles. The van der Waals surface area contributed by atoms with Crippen molar-refractivity contribution in [2.75, 3.05) is 19.7 Å². The molecule has 1 amide bonds. The number of fused-ring (bicyclic) bond motifs is 2. The second kappa shape index (κ2) is 5.86. The van der Waals surface area contributed by atoms with Gasteiger partial charge in [0.25, 0.3) is 5.91 Å². The lowest BCUT2D eigenvalue weighted by Crippen LogP contribution is -2.48. The molecule has 1 fully saturated rings. The number of likely N-dealkylation sites (tertiary alicyclic amines) is 1. The van der Waals surface area contributed by atoms with Crippen LogP contribution in [-0.2, 0) is 16.8 Å². The third-order valence-corrected chi connectivity index (χ3v) is 5.88. The normalized spacial score (nSPS) is 19.3. The maximum Gasteiger partial charge on any atom is 0.289 e. The van der Waals surface area contributed by atoms with Gasteiger partial charge in [-0.15, -0.1) is 11.3 Å². The highest BCUT2D eigenvalue weighted by molar-refractivity contribution is 7.10. The van der Waals surface area contributed by atoms with E-state index in [1.807, 2.05) is 0 Å². The van der Waals surface area contributed by atoms with Crippen LogP contribution < -0.4 is 5.43 Å². The van der Waals surface area contributed by atoms with E-state index in [9.17, 15) is 9.59 Å². The Morgan fingerprint density at radius 1 is 1.29 bits per heavy atom. The summed E-state index contributed by atoms with van der Waals surface area (Å²) in [4.78, 5) is 27.4. The van der Waals surface area contributed by atoms with E-state index in [4.69, 9.17) is 9.15 Å². The predicted octanol–water partition coefficient (Wildman–Crippen LogP) is 2.71. The Balaban J connectivity index is 1.53. The number of nitrogens with zero attached hydrogens (tertiary/aromatic N) is 1. The maximum atomic E-state index is 12.6. The molecule has 0 N–H and O–H groups in total. The number of ether oxygens (including phenoxy) is 1. The van der Waals surface area contributed by atoms with Gasteiger partial charge in [-0.3, -0.25) is 9.59 Å². The fourth-order valence-electron chi connectivity index (χ4n) is 3.71. The van der Waals surface area contributed by atoms with Crippen LogP contribution in [0.3, 0.4) is 0 Å². The summed E-state index contributed by atoms with van der Waals surface area (Å²) in [7, 11) is 0. The number of aryl methyl sites for hydroxylation is 1. The van der Waals surface area contributed by atoms with Crippen molar-refractivity contribution in [3.05, 3.63) is 55.8 Å². The van der Waals surface area contributed by atoms with Gasteiger partial charge >= 0.3 is 0 Å². The fraction of sp³-hybridized carbons (Fsp3) is 0.444. The van der Waals surface area contributed by atoms with Gasteiger partial charge < -0.3 is 14.1 Å². The van der Waals surface area contributed by atoms with E-state index in [0.717, 1.165) is 25.9 Å². The molecule has 5 nitrogen and oxygen atoms in total. The number of thiophene rings is 1. The van der Waals surface area contributed by atoms with E-state index >= 15 is 0 Å². The van der Waals surface area contributed by atoms with Gasteiger partial charge in [0.05, 0.1) is 12.2 Å². The summed E-state index contributed by atoms with van der Waals surface area (Å²) in [5, 5.41) is 2.13. The highest BCUT2D eigenvalue weighted by Gasteiger charge is 2.42. The Morgan fingerprint density at radius 3 is 2.83 bits per heavy atom. The average Bonchev–Trinajstić information content (AvgIpc) is 3.04. The molecule has 4 heterocycles. The molecule has 2 aliphatic rings. The number of carbonyl (C=O) groups excluding carboxylic acids is 1. The zero-order chi connectivity index (χ0) is 16.7. The van der Waals surface area contributed by atoms with Crippen LogP contribution >= 0.6 is 11.3 Å². The Kier molecular flexibility index (Phi) is 3.81. The molecular weight excluding hydrogens is 326 g/mol. The van der Waals surface area contributed by atoms with Crippen LogP contribution in [0, 0.1) is 6.92 Å². The van der Waals surface area contributed by atoms with Gasteiger partial charge in [-0.05, 0) is 36.8 Å². The van der Waals surface area contributed by atoms with Gasteiger partial charge in [0.2, 0.25) is 0 Å². The lowest BCUT2D eigenvalue weighted by molar-refractivity contribution is -0.0928. The van der Waals surface area contributed by atoms with Gasteiger partial charge in [-0.1, -0.05) is 0 Å². The maximum absolute atomic E-state index is 12.6. The zero-order valence-electron chi connectivity index (χ0n) is 13.5. The van der Waals surface area contributed by atoms with Crippen molar-refractivity contribution >= 4 is 17.2 Å². The van der Waals surface area contributed by atoms with Gasteiger partial charge in [0.1, 0.15) is 5.76 Å². The number of hydrogen-bond donors (Lipinski definition) is 0. The van der Waals surface area contributed by atoms with Gasteiger partial charge in [-0.2, -0.15) is 0 Å². The van der Waals surface area contributed by atoms with Crippen molar-refractivity contribution in [3.8, 4) is 0 Å². The summed E-state index contributed by atoms with van der Waals surface area (Å²) in [6, 6.07) is 4.82. The van der Waals surface area contributed by atoms with Gasteiger partial charge in [0.15, 0.2) is 11.2 Å². The van der Waals surface area contributed by atoms with E-state index in [2.05, 4.69) is 11.4 Å². The van der Waals surface area contributed by atoms with Crippen molar-refractivity contribution in [2.45, 2.75) is 31.8 Å². The first kappa shape index (κ1) is 15.6. The van der Waals surface area contributed by atoms with E-state index in [-0.39, 0.29) is 22.7 Å². The first-order chi connectivity index (χ1) is 11.6. The monoisotopic (exact) mass is 345 g/mol. The second-order valence-electron chi connectivity index (χ2n) is 6.41. The summed E-state index contributed by atoms with van der Waals surface area (Å²) in [6.45, 7) is 3.63. The summed E-state index contributed by atoms with van der Waals surface area (Å²) in [5.74, 6) is 0.363. The molecule has 0 atom stereocenters. The van der Waals surface area contributed by atoms with Gasteiger partial charge in [0, 0.05) is 36.5 Å². The van der Waals surface area contributed by atoms with Crippen molar-refractivity contribution in [1.29, 1.82) is 0 Å². The molecule has 0 aliphatic carbocycles. The van der Waals surface area contributed by atoms with Crippen LogP contribution in [-0.4, -0.2) is 30.5 Å². The van der Waals surface area contributed by atoms with Crippen LogP contribution in [0.15, 0.2) is 32.8 Å². The summed E-state index contributed by atoms with van der Waals surface area (Å²) >= 11 is 1.79. The fourth-order valence-corrected chi connectivity index (χ4v) is 4.66. The minimum absolute atomic E-state index is 0.122. The summed E-state index contributed by atoms with van der Waals surface area (Å²) < 4.78 is 11.6. The summed E-state index contributed by atoms with van der Waals surface area (Å²) in [5.41, 5.74) is 0.847. The third kappa shape index (κ3) is 2.59. The van der Waals surface area contributed by atoms with Crippen LogP contribution in [0.1, 0.15) is 39.6 Å². The van der Waals surface area contributed by atoms with Gasteiger partial charge in [-0.25, -0.2) is 0 Å². The molecule has 0 aromatic carbocycles. The van der Waals surface area contributed by atoms with Crippen molar-refractivity contribution in [1.82, 2.24) is 4.90 Å². The third-order valence-electron chi connectivity index (χ3n) is 4.90. The molecular formula is C18H19NO4S. The Bertz CT molecular complexity index is 830. The topological polar surface area (TPSA) is 59.8 Å². The molecule has 24 heavy (non-hydrogen) atoms. The minimum Gasteiger partial charge on any atom is -0.456 e. The molecule has 0 bridgehead atoms. The number of carbonyl (C=O) groups is 1. The molecule has 6 heteroatoms. The van der Waals surface area contributed by atoms with E-state index < -0.39 is 0 Å². The zero-order valence-corrected chi connectivity index (χ0v) is 14.4. The van der Waals surface area contributed by atoms with Crippen molar-refractivity contribution < 1.29 is 13.9 Å². The molecule has 0 unspecified atom stereocenters. The van der Waals surface area contributed by atoms with Crippen LogP contribution in [0.25, 0.3) is 0 Å². The number of rotatable bonds is 1. The molecule has 0 saturated carbocycles. The Hall–Kier alpha value is -1.92. The standard InChI is InChI=1S/C18H19NO4S/c1-12-10-13(20)11-15(23-12)17(21)19-6-4-18(5-7-19)14-3-9-24-16(14)2-8-22-18/h3,9-11H,2,4-8H2,1H3. The van der Waals surface area contributed by atoms with Crippen LogP contribution in [0.5, 0.6) is 0 Å². The predicted molar refractivity (Wildman–Crippen MR) is 90.5 cm³/mol. The average molecular weight is 345 g/mol. The van der Waals surface area contributed by atoms with Crippen molar-refractivity contribution in [3.63, 3.8) is 0 Å². The smallest absolute Gasteiger partial charge is 0.289 e. The largest absolute Gasteiger partial charge is 0.456 e. The molecule has 0 radical (unpaired) electrons.